The number of nitro groups is 1. The minimum absolute atomic E-state index is 0.00422. The van der Waals surface area contributed by atoms with Crippen LogP contribution in [0.25, 0.3) is 0 Å². The molecule has 5 heteroatoms. The number of rotatable bonds is 3. The van der Waals surface area contributed by atoms with Crippen molar-refractivity contribution < 1.29 is 4.92 Å². The van der Waals surface area contributed by atoms with Crippen LogP contribution in [0.15, 0.2) is 18.2 Å². The zero-order chi connectivity index (χ0) is 13.7. The Hall–Kier alpha value is -1.78. The Morgan fingerprint density at radius 1 is 1.16 bits per heavy atom. The van der Waals surface area contributed by atoms with Crippen molar-refractivity contribution >= 4 is 17.1 Å². The van der Waals surface area contributed by atoms with Crippen molar-refractivity contribution in [2.45, 2.75) is 51.0 Å². The predicted molar refractivity (Wildman–Crippen MR) is 77.2 cm³/mol. The molecule has 0 unspecified atom stereocenters. The van der Waals surface area contributed by atoms with Gasteiger partial charge in [-0.1, -0.05) is 38.2 Å². The van der Waals surface area contributed by atoms with E-state index in [1.807, 2.05) is 0 Å². The van der Waals surface area contributed by atoms with E-state index in [0.717, 1.165) is 12.8 Å². The molecule has 1 aliphatic carbocycles. The Bertz CT molecular complexity index is 440. The van der Waals surface area contributed by atoms with Crippen LogP contribution in [0.5, 0.6) is 0 Å². The molecular formula is C14H21N3O2. The van der Waals surface area contributed by atoms with Crippen molar-refractivity contribution in [1.82, 2.24) is 0 Å². The number of anilines is 2. The van der Waals surface area contributed by atoms with Crippen molar-refractivity contribution in [3.8, 4) is 0 Å². The van der Waals surface area contributed by atoms with Gasteiger partial charge in [0.1, 0.15) is 11.4 Å². The maximum absolute atomic E-state index is 11.1. The average Bonchev–Trinajstić information content (AvgIpc) is 2.32. The molecule has 19 heavy (non-hydrogen) atoms. The van der Waals surface area contributed by atoms with E-state index in [1.54, 1.807) is 18.2 Å². The molecule has 104 valence electrons. The molecule has 1 saturated carbocycles. The van der Waals surface area contributed by atoms with E-state index in [4.69, 9.17) is 5.73 Å². The molecule has 3 N–H and O–H groups in total. The molecule has 2 rings (SSSR count). The highest BCUT2D eigenvalue weighted by molar-refractivity contribution is 5.74. The molecule has 0 radical (unpaired) electrons. The van der Waals surface area contributed by atoms with Crippen LogP contribution in [0.2, 0.25) is 0 Å². The number of nitrogens with zero attached hydrogens (tertiary/aromatic N) is 1. The third kappa shape index (κ3) is 3.59. The zero-order valence-electron chi connectivity index (χ0n) is 11.1. The summed E-state index contributed by atoms with van der Waals surface area (Å²) < 4.78 is 0. The second-order valence-corrected chi connectivity index (χ2v) is 5.19. The van der Waals surface area contributed by atoms with E-state index in [2.05, 4.69) is 5.32 Å². The Balaban J connectivity index is 2.13. The quantitative estimate of drug-likeness (QED) is 0.495. The summed E-state index contributed by atoms with van der Waals surface area (Å²) in [5, 5.41) is 14.4. The van der Waals surface area contributed by atoms with Gasteiger partial charge >= 0.3 is 5.69 Å². The Kier molecular flexibility index (Phi) is 4.60. The fraction of sp³-hybridized carbons (Fsp3) is 0.571. The number of hydrogen-bond acceptors (Lipinski definition) is 4. The first kappa shape index (κ1) is 13.6. The van der Waals surface area contributed by atoms with Crippen LogP contribution in [-0.4, -0.2) is 11.0 Å². The van der Waals surface area contributed by atoms with E-state index >= 15 is 0 Å². The summed E-state index contributed by atoms with van der Waals surface area (Å²) in [6.07, 6.45) is 8.36. The van der Waals surface area contributed by atoms with Gasteiger partial charge in [-0.2, -0.15) is 0 Å². The number of para-hydroxylation sites is 1. The summed E-state index contributed by atoms with van der Waals surface area (Å²) in [4.78, 5) is 10.7. The van der Waals surface area contributed by atoms with E-state index < -0.39 is 4.92 Å². The molecule has 0 amide bonds. The third-order valence-corrected chi connectivity index (χ3v) is 3.71. The SMILES string of the molecule is Nc1cccc(NC2CCCCCCC2)c1[N+](=O)[O-]. The number of nitrogens with one attached hydrogen (secondary N) is 1. The fourth-order valence-corrected chi connectivity index (χ4v) is 2.70. The van der Waals surface area contributed by atoms with Gasteiger partial charge in [0.25, 0.3) is 0 Å². The molecular weight excluding hydrogens is 242 g/mol. The summed E-state index contributed by atoms with van der Waals surface area (Å²) in [5.41, 5.74) is 6.48. The second kappa shape index (κ2) is 6.41. The van der Waals surface area contributed by atoms with Gasteiger partial charge in [-0.15, -0.1) is 0 Å². The van der Waals surface area contributed by atoms with Gasteiger partial charge in [0.2, 0.25) is 0 Å². The Morgan fingerprint density at radius 2 is 1.79 bits per heavy atom. The molecule has 0 spiro atoms. The Morgan fingerprint density at radius 3 is 2.42 bits per heavy atom. The number of nitro benzene ring substituents is 1. The lowest BCUT2D eigenvalue weighted by Gasteiger charge is -2.22. The lowest BCUT2D eigenvalue weighted by Crippen LogP contribution is -2.21. The number of nitrogen functional groups attached to an aromatic ring is 1. The van der Waals surface area contributed by atoms with Crippen LogP contribution in [0.1, 0.15) is 44.9 Å². The standard InChI is InChI=1S/C14H21N3O2/c15-12-9-6-10-13(14(12)17(18)19)16-11-7-4-2-1-3-5-8-11/h6,9-11,16H,1-5,7-8,15H2. The van der Waals surface area contributed by atoms with Crippen LogP contribution in [0.3, 0.4) is 0 Å². The van der Waals surface area contributed by atoms with Crippen LogP contribution < -0.4 is 11.1 Å². The lowest BCUT2D eigenvalue weighted by atomic mass is 9.96. The van der Waals surface area contributed by atoms with Gasteiger partial charge in [0, 0.05) is 6.04 Å². The molecule has 0 saturated heterocycles. The topological polar surface area (TPSA) is 81.2 Å². The third-order valence-electron chi connectivity index (χ3n) is 3.71. The van der Waals surface area contributed by atoms with Gasteiger partial charge in [-0.25, -0.2) is 0 Å². The minimum atomic E-state index is -0.402. The lowest BCUT2D eigenvalue weighted by molar-refractivity contribution is -0.383. The number of nitrogens with two attached hydrogens (primary N) is 1. The second-order valence-electron chi connectivity index (χ2n) is 5.19. The highest BCUT2D eigenvalue weighted by Gasteiger charge is 2.20. The molecule has 0 heterocycles. The Labute approximate surface area is 113 Å². The smallest absolute Gasteiger partial charge is 0.314 e. The molecule has 0 atom stereocenters. The van der Waals surface area contributed by atoms with Crippen molar-refractivity contribution in [2.75, 3.05) is 11.1 Å². The molecule has 1 aromatic rings. The van der Waals surface area contributed by atoms with Crippen LogP contribution in [-0.2, 0) is 0 Å². The average molecular weight is 263 g/mol. The van der Waals surface area contributed by atoms with E-state index in [9.17, 15) is 10.1 Å². The monoisotopic (exact) mass is 263 g/mol. The molecule has 1 aliphatic rings. The van der Waals surface area contributed by atoms with Crippen molar-refractivity contribution in [3.63, 3.8) is 0 Å². The zero-order valence-corrected chi connectivity index (χ0v) is 11.1. The highest BCUT2D eigenvalue weighted by atomic mass is 16.6. The number of hydrogen-bond donors (Lipinski definition) is 2. The van der Waals surface area contributed by atoms with Gasteiger partial charge in [-0.05, 0) is 25.0 Å². The summed E-state index contributed by atoms with van der Waals surface area (Å²) in [7, 11) is 0. The largest absolute Gasteiger partial charge is 0.393 e. The van der Waals surface area contributed by atoms with Gasteiger partial charge in [0.05, 0.1) is 4.92 Å². The summed E-state index contributed by atoms with van der Waals surface area (Å²) >= 11 is 0. The molecule has 0 bridgehead atoms. The molecule has 1 fully saturated rings. The van der Waals surface area contributed by atoms with Gasteiger partial charge in [0.15, 0.2) is 0 Å². The first-order chi connectivity index (χ1) is 9.18. The van der Waals surface area contributed by atoms with E-state index in [-0.39, 0.29) is 11.4 Å². The van der Waals surface area contributed by atoms with Gasteiger partial charge < -0.3 is 11.1 Å². The first-order valence-corrected chi connectivity index (χ1v) is 6.98. The summed E-state index contributed by atoms with van der Waals surface area (Å²) in [6.45, 7) is 0. The van der Waals surface area contributed by atoms with Crippen LogP contribution >= 0.6 is 0 Å². The molecule has 0 aromatic heterocycles. The van der Waals surface area contributed by atoms with Crippen molar-refractivity contribution in [2.24, 2.45) is 0 Å². The highest BCUT2D eigenvalue weighted by Crippen LogP contribution is 2.32. The summed E-state index contributed by atoms with van der Waals surface area (Å²) in [5.74, 6) is 0. The van der Waals surface area contributed by atoms with Gasteiger partial charge in [-0.3, -0.25) is 10.1 Å². The first-order valence-electron chi connectivity index (χ1n) is 6.98. The fourth-order valence-electron chi connectivity index (χ4n) is 2.70. The summed E-state index contributed by atoms with van der Waals surface area (Å²) in [6, 6.07) is 5.39. The van der Waals surface area contributed by atoms with Crippen molar-refractivity contribution in [1.29, 1.82) is 0 Å². The molecule has 0 aliphatic heterocycles. The van der Waals surface area contributed by atoms with E-state index in [0.29, 0.717) is 11.7 Å². The van der Waals surface area contributed by atoms with Crippen molar-refractivity contribution in [3.05, 3.63) is 28.3 Å². The predicted octanol–water partition coefficient (Wildman–Crippen LogP) is 3.70. The van der Waals surface area contributed by atoms with E-state index in [1.165, 1.54) is 32.1 Å². The molecule has 1 aromatic carbocycles. The normalized spacial score (nSPS) is 17.5. The maximum Gasteiger partial charge on any atom is 0.314 e. The number of benzene rings is 1. The minimum Gasteiger partial charge on any atom is -0.393 e. The van der Waals surface area contributed by atoms with Crippen LogP contribution in [0.4, 0.5) is 17.1 Å². The maximum atomic E-state index is 11.1. The van der Waals surface area contributed by atoms with Crippen LogP contribution in [0, 0.1) is 10.1 Å². The molecule has 5 nitrogen and oxygen atoms in total.